The number of nitrogens with one attached hydrogen (secondary N) is 1. The van der Waals surface area contributed by atoms with Crippen molar-refractivity contribution in [1.29, 1.82) is 0 Å². The van der Waals surface area contributed by atoms with Gasteiger partial charge in [0.05, 0.1) is 12.6 Å². The topological polar surface area (TPSA) is 116 Å². The van der Waals surface area contributed by atoms with Gasteiger partial charge < -0.3 is 14.3 Å². The van der Waals surface area contributed by atoms with Gasteiger partial charge in [0.1, 0.15) is 10.6 Å². The molecule has 2 amide bonds. The van der Waals surface area contributed by atoms with Crippen LogP contribution in [0.2, 0.25) is 0 Å². The molecule has 0 aliphatic carbocycles. The Labute approximate surface area is 177 Å². The highest BCUT2D eigenvalue weighted by molar-refractivity contribution is 7.89. The van der Waals surface area contributed by atoms with Gasteiger partial charge in [-0.05, 0) is 40.0 Å². The molecule has 30 heavy (non-hydrogen) atoms. The molecular weight excluding hydrogens is 410 g/mol. The average molecular weight is 442 g/mol. The average Bonchev–Trinajstić information content (AvgIpc) is 3.07. The molecule has 0 aromatic carbocycles. The number of likely N-dealkylation sites (tertiary alicyclic amines) is 1. The lowest BCUT2D eigenvalue weighted by atomic mass is 10.1. The molecule has 2 fully saturated rings. The van der Waals surface area contributed by atoms with Crippen LogP contribution in [-0.2, 0) is 19.6 Å². The van der Waals surface area contributed by atoms with E-state index >= 15 is 0 Å². The number of aryl methyl sites for hydroxylation is 2. The SMILES string of the molecule is Cc1noc(C)c1S(=O)(=O)N[C@@H](C)C(=O)N1CCN(CC(=O)N2CCCCC2)CC1. The van der Waals surface area contributed by atoms with Crippen LogP contribution in [0.15, 0.2) is 9.42 Å². The molecule has 0 saturated carbocycles. The summed E-state index contributed by atoms with van der Waals surface area (Å²) in [4.78, 5) is 30.8. The number of hydrogen-bond acceptors (Lipinski definition) is 7. The van der Waals surface area contributed by atoms with E-state index in [9.17, 15) is 18.0 Å². The number of piperazine rings is 1. The molecule has 0 unspecified atom stereocenters. The van der Waals surface area contributed by atoms with Crippen molar-refractivity contribution in [2.75, 3.05) is 45.8 Å². The third-order valence-corrected chi connectivity index (χ3v) is 7.47. The highest BCUT2D eigenvalue weighted by atomic mass is 32.2. The van der Waals surface area contributed by atoms with E-state index in [0.717, 1.165) is 25.9 Å². The Balaban J connectivity index is 1.50. The Kier molecular flexibility index (Phi) is 7.14. The normalized spacial score (nSPS) is 19.7. The van der Waals surface area contributed by atoms with E-state index in [1.54, 1.807) is 11.8 Å². The quantitative estimate of drug-likeness (QED) is 0.666. The Hall–Kier alpha value is -1.98. The fraction of sp³-hybridized carbons (Fsp3) is 0.737. The lowest BCUT2D eigenvalue weighted by Gasteiger charge is -2.37. The number of rotatable bonds is 6. The van der Waals surface area contributed by atoms with E-state index in [-0.39, 0.29) is 28.2 Å². The van der Waals surface area contributed by atoms with Crippen LogP contribution in [0.3, 0.4) is 0 Å². The number of carbonyl (C=O) groups is 2. The zero-order valence-corrected chi connectivity index (χ0v) is 18.7. The van der Waals surface area contributed by atoms with Crippen LogP contribution >= 0.6 is 0 Å². The highest BCUT2D eigenvalue weighted by Crippen LogP contribution is 2.19. The fourth-order valence-corrected chi connectivity index (χ4v) is 5.56. The van der Waals surface area contributed by atoms with E-state index in [1.807, 2.05) is 4.90 Å². The van der Waals surface area contributed by atoms with Crippen molar-refractivity contribution in [3.05, 3.63) is 11.5 Å². The van der Waals surface area contributed by atoms with Crippen LogP contribution in [0.5, 0.6) is 0 Å². The number of aromatic nitrogens is 1. The van der Waals surface area contributed by atoms with Crippen LogP contribution in [0.4, 0.5) is 0 Å². The van der Waals surface area contributed by atoms with Gasteiger partial charge in [0.15, 0.2) is 5.76 Å². The van der Waals surface area contributed by atoms with Gasteiger partial charge in [0.2, 0.25) is 21.8 Å². The summed E-state index contributed by atoms with van der Waals surface area (Å²) < 4.78 is 32.6. The molecule has 1 N–H and O–H groups in total. The second-order valence-corrected chi connectivity index (χ2v) is 9.69. The lowest BCUT2D eigenvalue weighted by molar-refractivity contribution is -0.136. The minimum Gasteiger partial charge on any atom is -0.360 e. The monoisotopic (exact) mass is 441 g/mol. The number of amides is 2. The van der Waals surface area contributed by atoms with Crippen molar-refractivity contribution < 1.29 is 22.5 Å². The molecule has 0 radical (unpaired) electrons. The molecule has 11 heteroatoms. The van der Waals surface area contributed by atoms with Crippen LogP contribution in [0.1, 0.15) is 37.6 Å². The maximum absolute atomic E-state index is 12.8. The van der Waals surface area contributed by atoms with Crippen molar-refractivity contribution in [2.24, 2.45) is 0 Å². The standard InChI is InChI=1S/C19H31N5O5S/c1-14-18(16(3)29-20-14)30(27,28)21-15(2)19(26)24-11-9-22(10-12-24)13-17(25)23-7-5-4-6-8-23/h15,21H,4-13H2,1-3H3/t15-/m0/s1. The summed E-state index contributed by atoms with van der Waals surface area (Å²) in [5.41, 5.74) is 0.256. The molecule has 1 aromatic heterocycles. The summed E-state index contributed by atoms with van der Waals surface area (Å²) in [5.74, 6) is 0.0500. The number of hydrogen-bond donors (Lipinski definition) is 1. The fourth-order valence-electron chi connectivity index (χ4n) is 4.04. The molecule has 2 saturated heterocycles. The molecule has 0 bridgehead atoms. The zero-order chi connectivity index (χ0) is 21.9. The molecule has 1 atom stereocenters. The van der Waals surface area contributed by atoms with E-state index in [0.29, 0.717) is 32.7 Å². The Morgan fingerprint density at radius 3 is 2.23 bits per heavy atom. The zero-order valence-electron chi connectivity index (χ0n) is 17.9. The van der Waals surface area contributed by atoms with E-state index in [4.69, 9.17) is 4.52 Å². The largest absolute Gasteiger partial charge is 0.360 e. The Bertz CT molecular complexity index is 850. The predicted octanol–water partition coefficient (Wildman–Crippen LogP) is 0.115. The first-order valence-corrected chi connectivity index (χ1v) is 11.9. The first-order chi connectivity index (χ1) is 14.2. The Morgan fingerprint density at radius 2 is 1.67 bits per heavy atom. The van der Waals surface area contributed by atoms with Gasteiger partial charge in [-0.15, -0.1) is 0 Å². The maximum Gasteiger partial charge on any atom is 0.246 e. The van der Waals surface area contributed by atoms with Gasteiger partial charge in [-0.1, -0.05) is 5.16 Å². The molecule has 168 valence electrons. The summed E-state index contributed by atoms with van der Waals surface area (Å²) in [6.07, 6.45) is 3.31. The smallest absolute Gasteiger partial charge is 0.246 e. The molecule has 1 aromatic rings. The van der Waals surface area contributed by atoms with Crippen LogP contribution in [0, 0.1) is 13.8 Å². The van der Waals surface area contributed by atoms with Crippen LogP contribution in [0.25, 0.3) is 0 Å². The van der Waals surface area contributed by atoms with Gasteiger partial charge >= 0.3 is 0 Å². The van der Waals surface area contributed by atoms with Crippen molar-refractivity contribution in [3.8, 4) is 0 Å². The summed E-state index contributed by atoms with van der Waals surface area (Å²) in [6.45, 7) is 8.74. The van der Waals surface area contributed by atoms with Gasteiger partial charge in [0.25, 0.3) is 0 Å². The second kappa shape index (κ2) is 9.44. The highest BCUT2D eigenvalue weighted by Gasteiger charge is 2.31. The lowest BCUT2D eigenvalue weighted by Crippen LogP contribution is -2.55. The number of sulfonamides is 1. The number of piperidine rings is 1. The second-order valence-electron chi connectivity index (χ2n) is 8.04. The molecule has 2 aliphatic heterocycles. The van der Waals surface area contributed by atoms with E-state index in [2.05, 4.69) is 14.8 Å². The first kappa shape index (κ1) is 22.7. The van der Waals surface area contributed by atoms with Gasteiger partial charge in [0, 0.05) is 39.3 Å². The minimum atomic E-state index is -3.91. The first-order valence-electron chi connectivity index (χ1n) is 10.4. The van der Waals surface area contributed by atoms with Crippen LogP contribution < -0.4 is 4.72 Å². The third kappa shape index (κ3) is 5.19. The molecule has 2 aliphatic rings. The summed E-state index contributed by atoms with van der Waals surface area (Å²) >= 11 is 0. The predicted molar refractivity (Wildman–Crippen MR) is 109 cm³/mol. The summed E-state index contributed by atoms with van der Waals surface area (Å²) in [6, 6.07) is -0.912. The van der Waals surface area contributed by atoms with E-state index < -0.39 is 16.1 Å². The number of carbonyl (C=O) groups excluding carboxylic acids is 2. The molecule has 3 rings (SSSR count). The van der Waals surface area contributed by atoms with Gasteiger partial charge in [-0.25, -0.2) is 8.42 Å². The Morgan fingerprint density at radius 1 is 1.03 bits per heavy atom. The number of nitrogens with zero attached hydrogens (tertiary/aromatic N) is 4. The van der Waals surface area contributed by atoms with Gasteiger partial charge in [-0.2, -0.15) is 4.72 Å². The molecule has 3 heterocycles. The van der Waals surface area contributed by atoms with Crippen LogP contribution in [-0.4, -0.2) is 91.9 Å². The van der Waals surface area contributed by atoms with Crippen molar-refractivity contribution in [2.45, 2.75) is 51.0 Å². The van der Waals surface area contributed by atoms with Crippen molar-refractivity contribution >= 4 is 21.8 Å². The van der Waals surface area contributed by atoms with Crippen molar-refractivity contribution in [1.82, 2.24) is 24.6 Å². The summed E-state index contributed by atoms with van der Waals surface area (Å²) in [5, 5.41) is 3.66. The van der Waals surface area contributed by atoms with Gasteiger partial charge in [-0.3, -0.25) is 14.5 Å². The summed E-state index contributed by atoms with van der Waals surface area (Å²) in [7, 11) is -3.91. The molecular formula is C19H31N5O5S. The maximum atomic E-state index is 12.8. The van der Waals surface area contributed by atoms with E-state index in [1.165, 1.54) is 20.3 Å². The third-order valence-electron chi connectivity index (χ3n) is 5.69. The molecule has 10 nitrogen and oxygen atoms in total. The van der Waals surface area contributed by atoms with Crippen molar-refractivity contribution in [3.63, 3.8) is 0 Å². The minimum absolute atomic E-state index is 0.0248. The molecule has 0 spiro atoms.